The number of rotatable bonds is 31. The smallest absolute Gasteiger partial charge is 0.220 e. The van der Waals surface area contributed by atoms with Crippen LogP contribution in [-0.4, -0.2) is 34.9 Å². The number of hydrogen-bond acceptors (Lipinski definition) is 3. The fourth-order valence-electron chi connectivity index (χ4n) is 5.23. The molecule has 0 aliphatic heterocycles. The van der Waals surface area contributed by atoms with Gasteiger partial charge in [0, 0.05) is 6.42 Å². The Morgan fingerprint density at radius 2 is 1.00 bits per heavy atom. The second-order valence-electron chi connectivity index (χ2n) is 12.0. The van der Waals surface area contributed by atoms with Crippen LogP contribution in [-0.2, 0) is 4.79 Å². The molecule has 0 aromatic rings. The van der Waals surface area contributed by atoms with E-state index in [0.29, 0.717) is 12.8 Å². The van der Waals surface area contributed by atoms with Gasteiger partial charge < -0.3 is 15.5 Å². The number of aliphatic hydroxyl groups excluding tert-OH is 2. The van der Waals surface area contributed by atoms with Crippen molar-refractivity contribution in [2.24, 2.45) is 0 Å². The van der Waals surface area contributed by atoms with Gasteiger partial charge in [-0.15, -0.1) is 0 Å². The van der Waals surface area contributed by atoms with Crippen LogP contribution in [0.4, 0.5) is 0 Å². The van der Waals surface area contributed by atoms with Crippen LogP contribution in [0.25, 0.3) is 0 Å². The van der Waals surface area contributed by atoms with Crippen molar-refractivity contribution in [1.29, 1.82) is 0 Å². The number of carbonyl (C=O) groups is 1. The van der Waals surface area contributed by atoms with E-state index in [4.69, 9.17) is 0 Å². The summed E-state index contributed by atoms with van der Waals surface area (Å²) in [5, 5.41) is 23.0. The van der Waals surface area contributed by atoms with Gasteiger partial charge in [-0.25, -0.2) is 0 Å². The maximum Gasteiger partial charge on any atom is 0.220 e. The molecule has 0 rings (SSSR count). The lowest BCUT2D eigenvalue weighted by Crippen LogP contribution is -2.45. The highest BCUT2D eigenvalue weighted by Gasteiger charge is 2.19. The molecule has 0 heterocycles. The van der Waals surface area contributed by atoms with Crippen molar-refractivity contribution < 1.29 is 15.0 Å². The third-order valence-corrected chi connectivity index (χ3v) is 7.99. The van der Waals surface area contributed by atoms with E-state index in [1.807, 2.05) is 0 Å². The van der Waals surface area contributed by atoms with Crippen LogP contribution < -0.4 is 5.32 Å². The molecular weight excluding hydrogens is 494 g/mol. The van der Waals surface area contributed by atoms with E-state index in [1.165, 1.54) is 122 Å². The van der Waals surface area contributed by atoms with Gasteiger partial charge in [-0.2, -0.15) is 0 Å². The minimum atomic E-state index is -0.660. The van der Waals surface area contributed by atoms with Crippen molar-refractivity contribution >= 4 is 5.91 Å². The van der Waals surface area contributed by atoms with Crippen LogP contribution in [0.2, 0.25) is 0 Å². The predicted molar refractivity (Wildman–Crippen MR) is 175 cm³/mol. The van der Waals surface area contributed by atoms with Crippen molar-refractivity contribution in [3.63, 3.8) is 0 Å². The predicted octanol–water partition coefficient (Wildman–Crippen LogP) is 10.1. The lowest BCUT2D eigenvalue weighted by Gasteiger charge is -2.22. The third-order valence-electron chi connectivity index (χ3n) is 7.99. The monoisotopic (exact) mass is 564 g/mol. The summed E-state index contributed by atoms with van der Waals surface area (Å²) >= 11 is 0. The van der Waals surface area contributed by atoms with Gasteiger partial charge in [0.1, 0.15) is 0 Å². The van der Waals surface area contributed by atoms with Gasteiger partial charge in [0.25, 0.3) is 0 Å². The standard InChI is InChI=1S/C36H69NO3/c1-3-5-7-9-11-13-15-17-18-20-22-24-26-28-30-32-36(40)37-34(33-38)35(39)31-29-27-25-23-21-19-16-14-12-10-8-6-4-2/h11,13,15,17,34-35,38-39H,3-10,12,14,16,18-33H2,1-2H3,(H,37,40)/b13-11-,17-15-. The lowest BCUT2D eigenvalue weighted by molar-refractivity contribution is -0.123. The number of nitrogens with one attached hydrogen (secondary N) is 1. The number of carbonyl (C=O) groups excluding carboxylic acids is 1. The number of allylic oxidation sites excluding steroid dienone is 4. The summed E-state index contributed by atoms with van der Waals surface area (Å²) in [6.45, 7) is 4.31. The molecule has 4 heteroatoms. The zero-order valence-corrected chi connectivity index (χ0v) is 26.9. The average Bonchev–Trinajstić information content (AvgIpc) is 2.96. The molecule has 4 nitrogen and oxygen atoms in total. The van der Waals surface area contributed by atoms with Crippen molar-refractivity contribution in [2.75, 3.05) is 6.61 Å². The van der Waals surface area contributed by atoms with E-state index in [-0.39, 0.29) is 12.5 Å². The molecule has 0 spiro atoms. The maximum atomic E-state index is 12.3. The number of unbranched alkanes of at least 4 members (excludes halogenated alkanes) is 21. The molecule has 2 unspecified atom stereocenters. The first kappa shape index (κ1) is 38.9. The Balaban J connectivity index is 3.61. The normalized spacial score (nSPS) is 13.4. The molecule has 3 N–H and O–H groups in total. The molecule has 40 heavy (non-hydrogen) atoms. The van der Waals surface area contributed by atoms with E-state index in [9.17, 15) is 15.0 Å². The Morgan fingerprint density at radius 1 is 0.600 bits per heavy atom. The molecule has 0 aromatic heterocycles. The maximum absolute atomic E-state index is 12.3. The average molecular weight is 564 g/mol. The molecule has 236 valence electrons. The van der Waals surface area contributed by atoms with Crippen LogP contribution in [0.5, 0.6) is 0 Å². The Bertz CT molecular complexity index is 574. The lowest BCUT2D eigenvalue weighted by atomic mass is 10.0. The molecule has 0 saturated carbocycles. The van der Waals surface area contributed by atoms with E-state index in [0.717, 1.165) is 32.1 Å². The first-order valence-corrected chi connectivity index (χ1v) is 17.6. The molecule has 2 atom stereocenters. The molecule has 0 fully saturated rings. The second kappa shape index (κ2) is 32.4. The van der Waals surface area contributed by atoms with Gasteiger partial charge in [0.05, 0.1) is 18.8 Å². The van der Waals surface area contributed by atoms with E-state index >= 15 is 0 Å². The van der Waals surface area contributed by atoms with Crippen molar-refractivity contribution in [3.05, 3.63) is 24.3 Å². The van der Waals surface area contributed by atoms with Gasteiger partial charge in [0.15, 0.2) is 0 Å². The summed E-state index contributed by atoms with van der Waals surface area (Å²) in [6, 6.07) is -0.538. The topological polar surface area (TPSA) is 69.6 Å². The Labute approximate surface area is 249 Å². The van der Waals surface area contributed by atoms with Crippen LogP contribution in [0, 0.1) is 0 Å². The molecule has 1 amide bonds. The van der Waals surface area contributed by atoms with Crippen LogP contribution in [0.1, 0.15) is 181 Å². The molecule has 0 aliphatic rings. The molecular formula is C36H69NO3. The van der Waals surface area contributed by atoms with E-state index < -0.39 is 12.1 Å². The Kier molecular flexibility index (Phi) is 31.5. The van der Waals surface area contributed by atoms with E-state index in [2.05, 4.69) is 43.5 Å². The Morgan fingerprint density at radius 3 is 1.50 bits per heavy atom. The fraction of sp³-hybridized carbons (Fsp3) is 0.861. The molecule has 0 aliphatic carbocycles. The minimum absolute atomic E-state index is 0.0450. The van der Waals surface area contributed by atoms with Crippen molar-refractivity contribution in [3.8, 4) is 0 Å². The van der Waals surface area contributed by atoms with Crippen molar-refractivity contribution in [2.45, 2.75) is 193 Å². The minimum Gasteiger partial charge on any atom is -0.394 e. The van der Waals surface area contributed by atoms with Gasteiger partial charge in [-0.05, 0) is 38.5 Å². The van der Waals surface area contributed by atoms with Crippen LogP contribution in [0.3, 0.4) is 0 Å². The largest absolute Gasteiger partial charge is 0.394 e. The quantitative estimate of drug-likeness (QED) is 0.0580. The second-order valence-corrected chi connectivity index (χ2v) is 12.0. The fourth-order valence-corrected chi connectivity index (χ4v) is 5.23. The van der Waals surface area contributed by atoms with Gasteiger partial charge >= 0.3 is 0 Å². The summed E-state index contributed by atoms with van der Waals surface area (Å²) in [7, 11) is 0. The first-order valence-electron chi connectivity index (χ1n) is 17.6. The van der Waals surface area contributed by atoms with Gasteiger partial charge in [0.2, 0.25) is 5.91 Å². The first-order chi connectivity index (χ1) is 19.7. The zero-order chi connectivity index (χ0) is 29.4. The van der Waals surface area contributed by atoms with Crippen LogP contribution >= 0.6 is 0 Å². The molecule has 0 bridgehead atoms. The van der Waals surface area contributed by atoms with Crippen LogP contribution in [0.15, 0.2) is 24.3 Å². The number of hydrogen-bond donors (Lipinski definition) is 3. The Hall–Kier alpha value is -1.13. The summed E-state index contributed by atoms with van der Waals surface area (Å²) in [5.41, 5.74) is 0. The summed E-state index contributed by atoms with van der Waals surface area (Å²) in [5.74, 6) is -0.0450. The SMILES string of the molecule is CCCCC/C=C\C=C/CCCCCCCCC(=O)NC(CO)C(O)CCCCCCCCCCCCCCC. The molecule has 0 radical (unpaired) electrons. The van der Waals surface area contributed by atoms with Gasteiger partial charge in [-0.1, -0.05) is 160 Å². The number of amides is 1. The summed E-state index contributed by atoms with van der Waals surface area (Å²) in [4.78, 5) is 12.3. The highest BCUT2D eigenvalue weighted by Crippen LogP contribution is 2.14. The van der Waals surface area contributed by atoms with Gasteiger partial charge in [-0.3, -0.25) is 4.79 Å². The van der Waals surface area contributed by atoms with E-state index in [1.54, 1.807) is 0 Å². The third kappa shape index (κ3) is 28.4. The zero-order valence-electron chi connectivity index (χ0n) is 26.9. The summed E-state index contributed by atoms with van der Waals surface area (Å²) in [6.07, 6.45) is 39.3. The van der Waals surface area contributed by atoms with Crippen molar-refractivity contribution in [1.82, 2.24) is 5.32 Å². The highest BCUT2D eigenvalue weighted by atomic mass is 16.3. The highest BCUT2D eigenvalue weighted by molar-refractivity contribution is 5.76. The summed E-state index contributed by atoms with van der Waals surface area (Å²) < 4.78 is 0. The molecule has 0 saturated heterocycles. The molecule has 0 aromatic carbocycles. The number of aliphatic hydroxyl groups is 2.